The van der Waals surface area contributed by atoms with E-state index in [2.05, 4.69) is 41.8 Å². The van der Waals surface area contributed by atoms with Crippen LogP contribution in [0.25, 0.3) is 0 Å². The van der Waals surface area contributed by atoms with E-state index in [0.717, 1.165) is 10.2 Å². The summed E-state index contributed by atoms with van der Waals surface area (Å²) in [7, 11) is 1.84. The number of aryl methyl sites for hydroxylation is 1. The topological polar surface area (TPSA) is 38.0 Å². The lowest BCUT2D eigenvalue weighted by molar-refractivity contribution is 0.192. The molecule has 5 heteroatoms. The fraction of sp³-hybridized carbons (Fsp3) is 0.700. The monoisotopic (exact) mass is 292 g/mol. The maximum atomic E-state index is 10.0. The number of hydrogen-bond acceptors (Lipinski definition) is 3. The van der Waals surface area contributed by atoms with Crippen LogP contribution in [0.3, 0.4) is 0 Å². The predicted molar refractivity (Wildman–Crippen MR) is 68.1 cm³/mol. The third-order valence-electron chi connectivity index (χ3n) is 1.93. The molecule has 0 amide bonds. The lowest BCUT2D eigenvalue weighted by Crippen LogP contribution is -2.14. The Bertz CT molecular complexity index is 313. The molecular formula is C10H17BrN2OS. The van der Waals surface area contributed by atoms with Crippen molar-refractivity contribution in [2.75, 3.05) is 5.75 Å². The van der Waals surface area contributed by atoms with Crippen molar-refractivity contribution in [1.82, 2.24) is 9.78 Å². The molecule has 0 aromatic carbocycles. The van der Waals surface area contributed by atoms with Crippen LogP contribution in [0.2, 0.25) is 0 Å². The Morgan fingerprint density at radius 2 is 2.20 bits per heavy atom. The molecule has 0 saturated heterocycles. The van der Waals surface area contributed by atoms with Crippen molar-refractivity contribution in [2.24, 2.45) is 7.05 Å². The Hall–Kier alpha value is -0.0000000000000000555. The van der Waals surface area contributed by atoms with E-state index in [0.29, 0.717) is 5.75 Å². The summed E-state index contributed by atoms with van der Waals surface area (Å²) in [5, 5.41) is 14.1. The second-order valence-corrected chi connectivity index (χ2v) is 7.14. The molecule has 1 aromatic rings. The van der Waals surface area contributed by atoms with E-state index in [4.69, 9.17) is 0 Å². The summed E-state index contributed by atoms with van der Waals surface area (Å²) in [6, 6.07) is 0. The fourth-order valence-electron chi connectivity index (χ4n) is 1.20. The molecule has 1 rings (SSSR count). The number of aromatic nitrogens is 2. The maximum Gasteiger partial charge on any atom is 0.106 e. The zero-order valence-electron chi connectivity index (χ0n) is 9.49. The molecule has 1 N–H and O–H groups in total. The smallest absolute Gasteiger partial charge is 0.106 e. The second-order valence-electron chi connectivity index (χ2n) is 4.44. The van der Waals surface area contributed by atoms with Crippen LogP contribution >= 0.6 is 27.7 Å². The minimum Gasteiger partial charge on any atom is -0.386 e. The SMILES string of the molecule is Cn1ncc(Br)c1C(O)CSC(C)(C)C. The number of nitrogens with zero attached hydrogens (tertiary/aromatic N) is 2. The van der Waals surface area contributed by atoms with Crippen LogP contribution in [-0.4, -0.2) is 25.4 Å². The molecule has 0 bridgehead atoms. The van der Waals surface area contributed by atoms with Gasteiger partial charge in [-0.15, -0.1) is 0 Å². The summed E-state index contributed by atoms with van der Waals surface area (Å²) in [5.41, 5.74) is 0.840. The van der Waals surface area contributed by atoms with Crippen LogP contribution < -0.4 is 0 Å². The molecule has 0 aliphatic heterocycles. The molecule has 0 aliphatic carbocycles. The zero-order chi connectivity index (χ0) is 11.6. The molecule has 1 unspecified atom stereocenters. The minimum absolute atomic E-state index is 0.173. The Balaban J connectivity index is 2.65. The van der Waals surface area contributed by atoms with Gasteiger partial charge in [0, 0.05) is 17.5 Å². The van der Waals surface area contributed by atoms with Crippen molar-refractivity contribution >= 4 is 27.7 Å². The highest BCUT2D eigenvalue weighted by Crippen LogP contribution is 2.30. The third kappa shape index (κ3) is 3.81. The molecule has 86 valence electrons. The summed E-state index contributed by atoms with van der Waals surface area (Å²) in [6.07, 6.45) is 1.23. The molecule has 1 aromatic heterocycles. The van der Waals surface area contributed by atoms with Crippen LogP contribution in [0.1, 0.15) is 32.6 Å². The van der Waals surface area contributed by atoms with Crippen LogP contribution in [0.15, 0.2) is 10.7 Å². The van der Waals surface area contributed by atoms with E-state index in [-0.39, 0.29) is 4.75 Å². The molecule has 0 aliphatic rings. The second kappa shape index (κ2) is 4.89. The Morgan fingerprint density at radius 1 is 1.60 bits per heavy atom. The van der Waals surface area contributed by atoms with Crippen molar-refractivity contribution < 1.29 is 5.11 Å². The first kappa shape index (κ1) is 13.1. The van der Waals surface area contributed by atoms with E-state index in [1.165, 1.54) is 0 Å². The van der Waals surface area contributed by atoms with Crippen molar-refractivity contribution in [3.63, 3.8) is 0 Å². The quantitative estimate of drug-likeness (QED) is 0.931. The Kier molecular flexibility index (Phi) is 4.26. The highest BCUT2D eigenvalue weighted by Gasteiger charge is 2.19. The predicted octanol–water partition coefficient (Wildman–Crippen LogP) is 2.75. The van der Waals surface area contributed by atoms with Crippen LogP contribution in [0.5, 0.6) is 0 Å². The standard InChI is InChI=1S/C10H17BrN2OS/c1-10(2,3)15-6-8(14)9-7(11)5-12-13(9)4/h5,8,14H,6H2,1-4H3. The van der Waals surface area contributed by atoms with E-state index in [1.807, 2.05) is 7.05 Å². The first-order valence-corrected chi connectivity index (χ1v) is 6.58. The molecule has 0 radical (unpaired) electrons. The summed E-state index contributed by atoms with van der Waals surface area (Å²) in [6.45, 7) is 6.42. The molecular weight excluding hydrogens is 276 g/mol. The first-order chi connectivity index (χ1) is 6.81. The summed E-state index contributed by atoms with van der Waals surface area (Å²) >= 11 is 5.13. The van der Waals surface area contributed by atoms with Gasteiger partial charge in [0.1, 0.15) is 6.10 Å². The number of hydrogen-bond donors (Lipinski definition) is 1. The largest absolute Gasteiger partial charge is 0.386 e. The van der Waals surface area contributed by atoms with Gasteiger partial charge >= 0.3 is 0 Å². The van der Waals surface area contributed by atoms with E-state index in [9.17, 15) is 5.11 Å². The maximum absolute atomic E-state index is 10.0. The average molecular weight is 293 g/mol. The molecule has 0 spiro atoms. The summed E-state index contributed by atoms with van der Waals surface area (Å²) < 4.78 is 2.75. The number of aliphatic hydroxyl groups excluding tert-OH is 1. The van der Waals surface area contributed by atoms with Crippen LogP contribution in [-0.2, 0) is 7.05 Å². The lowest BCUT2D eigenvalue weighted by atomic mass is 10.3. The lowest BCUT2D eigenvalue weighted by Gasteiger charge is -2.20. The van der Waals surface area contributed by atoms with Gasteiger partial charge in [-0.2, -0.15) is 16.9 Å². The number of thioether (sulfide) groups is 1. The van der Waals surface area contributed by atoms with Gasteiger partial charge in [-0.1, -0.05) is 20.8 Å². The number of aliphatic hydroxyl groups is 1. The van der Waals surface area contributed by atoms with Crippen molar-refractivity contribution in [3.8, 4) is 0 Å². The van der Waals surface area contributed by atoms with E-state index < -0.39 is 6.10 Å². The molecule has 1 heterocycles. The molecule has 15 heavy (non-hydrogen) atoms. The van der Waals surface area contributed by atoms with Crippen LogP contribution in [0.4, 0.5) is 0 Å². The number of rotatable bonds is 3. The summed E-state index contributed by atoms with van der Waals surface area (Å²) in [5.74, 6) is 0.682. The highest BCUT2D eigenvalue weighted by molar-refractivity contribution is 9.10. The van der Waals surface area contributed by atoms with Gasteiger partial charge in [0.25, 0.3) is 0 Å². The molecule has 0 saturated carbocycles. The van der Waals surface area contributed by atoms with Crippen molar-refractivity contribution in [1.29, 1.82) is 0 Å². The van der Waals surface area contributed by atoms with Gasteiger partial charge in [-0.05, 0) is 15.9 Å². The normalized spacial score (nSPS) is 14.3. The van der Waals surface area contributed by atoms with Crippen LogP contribution in [0, 0.1) is 0 Å². The zero-order valence-corrected chi connectivity index (χ0v) is 11.9. The number of halogens is 1. The van der Waals surface area contributed by atoms with Crippen molar-refractivity contribution in [3.05, 3.63) is 16.4 Å². The fourth-order valence-corrected chi connectivity index (χ4v) is 2.63. The molecule has 0 fully saturated rings. The van der Waals surface area contributed by atoms with Gasteiger partial charge in [0.2, 0.25) is 0 Å². The first-order valence-electron chi connectivity index (χ1n) is 4.80. The molecule has 1 atom stereocenters. The third-order valence-corrected chi connectivity index (χ3v) is 3.89. The van der Waals surface area contributed by atoms with Crippen molar-refractivity contribution in [2.45, 2.75) is 31.6 Å². The molecule has 3 nitrogen and oxygen atoms in total. The van der Waals surface area contributed by atoms with E-state index in [1.54, 1.807) is 22.6 Å². The Labute approximate surface area is 103 Å². The van der Waals surface area contributed by atoms with E-state index >= 15 is 0 Å². The highest BCUT2D eigenvalue weighted by atomic mass is 79.9. The van der Waals surface area contributed by atoms with Gasteiger partial charge in [-0.3, -0.25) is 4.68 Å². The Morgan fingerprint density at radius 3 is 2.60 bits per heavy atom. The summed E-state index contributed by atoms with van der Waals surface area (Å²) in [4.78, 5) is 0. The van der Waals surface area contributed by atoms with Gasteiger partial charge < -0.3 is 5.11 Å². The van der Waals surface area contributed by atoms with Gasteiger partial charge in [0.05, 0.1) is 16.4 Å². The van der Waals surface area contributed by atoms with Gasteiger partial charge in [-0.25, -0.2) is 0 Å². The minimum atomic E-state index is -0.476. The van der Waals surface area contributed by atoms with Gasteiger partial charge in [0.15, 0.2) is 0 Å². The average Bonchev–Trinajstić information content (AvgIpc) is 2.41.